The predicted octanol–water partition coefficient (Wildman–Crippen LogP) is 3.79. The average Bonchev–Trinajstić information content (AvgIpc) is 3.12. The molecular weight excluding hydrogens is 452 g/mol. The van der Waals surface area contributed by atoms with Gasteiger partial charge in [0.2, 0.25) is 5.88 Å². The maximum absolute atomic E-state index is 12.9. The van der Waals surface area contributed by atoms with Gasteiger partial charge in [-0.05, 0) is 35.9 Å². The van der Waals surface area contributed by atoms with Crippen LogP contribution >= 0.6 is 11.8 Å². The van der Waals surface area contributed by atoms with Gasteiger partial charge < -0.3 is 15.0 Å². The van der Waals surface area contributed by atoms with Gasteiger partial charge in [-0.3, -0.25) is 14.4 Å². The molecule has 1 amide bonds. The van der Waals surface area contributed by atoms with Crippen LogP contribution in [0.4, 0.5) is 0 Å². The molecule has 0 aliphatic carbocycles. The average molecular weight is 475 g/mol. The predicted molar refractivity (Wildman–Crippen MR) is 128 cm³/mol. The van der Waals surface area contributed by atoms with E-state index in [-0.39, 0.29) is 16.8 Å². The molecule has 0 atom stereocenters. The van der Waals surface area contributed by atoms with E-state index in [2.05, 4.69) is 4.98 Å². The Morgan fingerprint density at radius 2 is 1.65 bits per heavy atom. The first-order chi connectivity index (χ1) is 16.4. The Morgan fingerprint density at radius 3 is 2.24 bits per heavy atom. The highest BCUT2D eigenvalue weighted by atomic mass is 32.2. The van der Waals surface area contributed by atoms with Crippen LogP contribution in [0.25, 0.3) is 11.0 Å². The van der Waals surface area contributed by atoms with Crippen LogP contribution in [0, 0.1) is 0 Å². The number of ether oxygens (including phenoxy) is 1. The van der Waals surface area contributed by atoms with Gasteiger partial charge >= 0.3 is 5.97 Å². The number of nitrogens with zero attached hydrogens (tertiary/aromatic N) is 3. The van der Waals surface area contributed by atoms with Crippen molar-refractivity contribution in [1.82, 2.24) is 14.5 Å². The van der Waals surface area contributed by atoms with Crippen molar-refractivity contribution < 1.29 is 19.1 Å². The molecule has 2 N–H and O–H groups in total. The number of primary amides is 1. The Labute approximate surface area is 200 Å². The second-order valence-corrected chi connectivity index (χ2v) is 8.50. The van der Waals surface area contributed by atoms with Gasteiger partial charge in [0.25, 0.3) is 11.7 Å². The normalized spacial score (nSPS) is 10.9. The molecule has 0 spiro atoms. The van der Waals surface area contributed by atoms with Gasteiger partial charge in [-0.1, -0.05) is 55.5 Å². The molecule has 0 fully saturated rings. The lowest BCUT2D eigenvalue weighted by atomic mass is 10.1. The van der Waals surface area contributed by atoms with E-state index in [1.807, 2.05) is 72.2 Å². The number of rotatable bonds is 8. The zero-order chi connectivity index (χ0) is 24.2. The Hall–Kier alpha value is -3.98. The highest BCUT2D eigenvalue weighted by Gasteiger charge is 2.30. The van der Waals surface area contributed by atoms with Gasteiger partial charge in [0.05, 0.1) is 10.9 Å². The van der Waals surface area contributed by atoms with E-state index in [4.69, 9.17) is 15.5 Å². The molecule has 2 aromatic carbocycles. The SMILES string of the molecule is CCc1c(C(=O)C(N)=O)c2c(OC(C)=O)nc(Sc3ccccc3)nc2n1Cc1ccccc1. The minimum Gasteiger partial charge on any atom is -0.407 e. The number of hydrogen-bond donors (Lipinski definition) is 1. The summed E-state index contributed by atoms with van der Waals surface area (Å²) in [5.74, 6) is -2.68. The fourth-order valence-electron chi connectivity index (χ4n) is 3.75. The van der Waals surface area contributed by atoms with Crippen LogP contribution < -0.4 is 10.5 Å². The van der Waals surface area contributed by atoms with Crippen LogP contribution in [-0.4, -0.2) is 32.2 Å². The number of carbonyl (C=O) groups excluding carboxylic acids is 3. The Morgan fingerprint density at radius 1 is 1.00 bits per heavy atom. The molecule has 2 aromatic heterocycles. The maximum atomic E-state index is 12.9. The summed E-state index contributed by atoms with van der Waals surface area (Å²) in [7, 11) is 0. The zero-order valence-electron chi connectivity index (χ0n) is 18.6. The smallest absolute Gasteiger partial charge is 0.309 e. The van der Waals surface area contributed by atoms with E-state index in [1.165, 1.54) is 18.7 Å². The first-order valence-corrected chi connectivity index (χ1v) is 11.4. The number of ketones is 1. The summed E-state index contributed by atoms with van der Waals surface area (Å²) in [6.45, 7) is 3.50. The summed E-state index contributed by atoms with van der Waals surface area (Å²) in [4.78, 5) is 46.8. The van der Waals surface area contributed by atoms with Crippen molar-refractivity contribution in [2.45, 2.75) is 36.9 Å². The van der Waals surface area contributed by atoms with Gasteiger partial charge in [0, 0.05) is 24.1 Å². The largest absolute Gasteiger partial charge is 0.407 e. The molecule has 0 bridgehead atoms. The molecule has 4 rings (SSSR count). The zero-order valence-corrected chi connectivity index (χ0v) is 19.5. The standard InChI is InChI=1S/C25H22N4O4S/c1-3-18-19(21(31)22(26)32)20-23(29(18)14-16-10-6-4-7-11-16)27-25(28-24(20)33-15(2)30)34-17-12-8-5-9-13-17/h4-13H,3,14H2,1-2H3,(H2,26,32). The fraction of sp³-hybridized carbons (Fsp3) is 0.160. The van der Waals surface area contributed by atoms with Crippen molar-refractivity contribution in [1.29, 1.82) is 0 Å². The van der Waals surface area contributed by atoms with Gasteiger partial charge in [0.15, 0.2) is 5.16 Å². The molecule has 8 nitrogen and oxygen atoms in total. The Balaban J connectivity index is 2.02. The van der Waals surface area contributed by atoms with E-state index < -0.39 is 17.7 Å². The molecule has 2 heterocycles. The number of fused-ring (bicyclic) bond motifs is 1. The van der Waals surface area contributed by atoms with E-state index in [0.717, 1.165) is 10.5 Å². The highest BCUT2D eigenvalue weighted by Crippen LogP contribution is 2.36. The van der Waals surface area contributed by atoms with Crippen molar-refractivity contribution in [3.8, 4) is 5.88 Å². The number of esters is 1. The number of benzene rings is 2. The second-order valence-electron chi connectivity index (χ2n) is 7.46. The summed E-state index contributed by atoms with van der Waals surface area (Å²) in [6.07, 6.45) is 0.415. The molecule has 9 heteroatoms. The van der Waals surface area contributed by atoms with E-state index in [0.29, 0.717) is 29.5 Å². The molecular formula is C25H22N4O4S. The molecule has 0 aliphatic rings. The summed E-state index contributed by atoms with van der Waals surface area (Å²) in [6, 6.07) is 19.2. The van der Waals surface area contributed by atoms with Crippen molar-refractivity contribution >= 4 is 40.5 Å². The maximum Gasteiger partial charge on any atom is 0.309 e. The van der Waals surface area contributed by atoms with Crippen molar-refractivity contribution in [2.75, 3.05) is 0 Å². The molecule has 0 saturated carbocycles. The van der Waals surface area contributed by atoms with Crippen LogP contribution in [0.15, 0.2) is 70.7 Å². The van der Waals surface area contributed by atoms with Gasteiger partial charge in [-0.15, -0.1) is 0 Å². The third-order valence-corrected chi connectivity index (χ3v) is 5.99. The number of nitrogens with two attached hydrogens (primary N) is 1. The van der Waals surface area contributed by atoms with E-state index >= 15 is 0 Å². The quantitative estimate of drug-likeness (QED) is 0.179. The minimum atomic E-state index is -1.11. The monoisotopic (exact) mass is 474 g/mol. The third-order valence-electron chi connectivity index (χ3n) is 5.12. The van der Waals surface area contributed by atoms with Crippen LogP contribution in [0.3, 0.4) is 0 Å². The molecule has 172 valence electrons. The first-order valence-electron chi connectivity index (χ1n) is 10.6. The number of Topliss-reactive ketones (excluding diaryl/α,β-unsaturated/α-hetero) is 1. The molecule has 0 aliphatic heterocycles. The molecule has 34 heavy (non-hydrogen) atoms. The van der Waals surface area contributed by atoms with Crippen LogP contribution in [0.5, 0.6) is 5.88 Å². The minimum absolute atomic E-state index is 0.0634. The highest BCUT2D eigenvalue weighted by molar-refractivity contribution is 7.99. The van der Waals surface area contributed by atoms with Crippen LogP contribution in [0.1, 0.15) is 35.5 Å². The topological polar surface area (TPSA) is 117 Å². The molecule has 0 saturated heterocycles. The van der Waals surface area contributed by atoms with Crippen LogP contribution in [-0.2, 0) is 22.6 Å². The van der Waals surface area contributed by atoms with E-state index in [1.54, 1.807) is 0 Å². The third kappa shape index (κ3) is 4.69. The fourth-order valence-corrected chi connectivity index (χ4v) is 4.52. The Bertz CT molecular complexity index is 1380. The number of amides is 1. The van der Waals surface area contributed by atoms with Gasteiger partial charge in [-0.25, -0.2) is 4.98 Å². The molecule has 0 radical (unpaired) electrons. The van der Waals surface area contributed by atoms with E-state index in [9.17, 15) is 14.4 Å². The first kappa shape index (κ1) is 23.2. The van der Waals surface area contributed by atoms with Crippen molar-refractivity contribution in [2.24, 2.45) is 5.73 Å². The Kier molecular flexibility index (Phi) is 6.74. The number of aromatic nitrogens is 3. The summed E-state index contributed by atoms with van der Waals surface area (Å²) < 4.78 is 7.27. The lowest BCUT2D eigenvalue weighted by molar-refractivity contribution is -0.132. The van der Waals surface area contributed by atoms with Crippen molar-refractivity contribution in [3.05, 3.63) is 77.5 Å². The van der Waals surface area contributed by atoms with Gasteiger partial charge in [0.1, 0.15) is 5.65 Å². The molecule has 4 aromatic rings. The number of carbonyl (C=O) groups is 3. The van der Waals surface area contributed by atoms with Gasteiger partial charge in [-0.2, -0.15) is 4.98 Å². The summed E-state index contributed by atoms with van der Waals surface area (Å²) in [5.41, 5.74) is 7.36. The number of hydrogen-bond acceptors (Lipinski definition) is 7. The lowest BCUT2D eigenvalue weighted by Crippen LogP contribution is -2.24. The molecule has 0 unspecified atom stereocenters. The summed E-state index contributed by atoms with van der Waals surface area (Å²) >= 11 is 1.29. The van der Waals surface area contributed by atoms with Crippen molar-refractivity contribution in [3.63, 3.8) is 0 Å². The van der Waals surface area contributed by atoms with Crippen LogP contribution in [0.2, 0.25) is 0 Å². The summed E-state index contributed by atoms with van der Waals surface area (Å²) in [5, 5.41) is 0.534. The lowest BCUT2D eigenvalue weighted by Gasteiger charge is -2.11. The second kappa shape index (κ2) is 9.88.